The first-order valence-corrected chi connectivity index (χ1v) is 9.15. The van der Waals surface area contributed by atoms with Gasteiger partial charge in [-0.25, -0.2) is 4.68 Å². The Hall–Kier alpha value is -2.34. The summed E-state index contributed by atoms with van der Waals surface area (Å²) < 4.78 is 7.58. The van der Waals surface area contributed by atoms with E-state index in [0.717, 1.165) is 41.7 Å². The number of ether oxygens (including phenoxy) is 1. The minimum absolute atomic E-state index is 0.554. The molecule has 0 radical (unpaired) electrons. The Balaban J connectivity index is 1.93. The molecule has 0 aliphatic carbocycles. The van der Waals surface area contributed by atoms with E-state index in [-0.39, 0.29) is 0 Å². The van der Waals surface area contributed by atoms with Crippen LogP contribution in [0.2, 0.25) is 0 Å². The molecule has 0 saturated carbocycles. The van der Waals surface area contributed by atoms with Gasteiger partial charge in [0.25, 0.3) is 0 Å². The fourth-order valence-electron chi connectivity index (χ4n) is 2.70. The Morgan fingerprint density at radius 1 is 1.23 bits per heavy atom. The first-order chi connectivity index (χ1) is 12.5. The summed E-state index contributed by atoms with van der Waals surface area (Å²) in [6.07, 6.45) is 0. The lowest BCUT2D eigenvalue weighted by Crippen LogP contribution is -2.38. The first-order valence-electron chi connectivity index (χ1n) is 9.15. The van der Waals surface area contributed by atoms with Gasteiger partial charge in [0.15, 0.2) is 5.96 Å². The number of hydrogen-bond donors (Lipinski definition) is 2. The molecule has 26 heavy (non-hydrogen) atoms. The van der Waals surface area contributed by atoms with Crippen molar-refractivity contribution in [1.82, 2.24) is 20.4 Å². The van der Waals surface area contributed by atoms with Crippen LogP contribution in [0.25, 0.3) is 5.69 Å². The van der Waals surface area contributed by atoms with E-state index in [1.807, 2.05) is 23.7 Å². The van der Waals surface area contributed by atoms with Crippen LogP contribution in [0.15, 0.2) is 35.3 Å². The molecule has 6 heteroatoms. The summed E-state index contributed by atoms with van der Waals surface area (Å²) in [7, 11) is 1.78. The van der Waals surface area contributed by atoms with Gasteiger partial charge in [-0.05, 0) is 37.5 Å². The molecule has 1 heterocycles. The molecule has 2 N–H and O–H groups in total. The number of hydrogen-bond acceptors (Lipinski definition) is 3. The van der Waals surface area contributed by atoms with Gasteiger partial charge in [0.1, 0.15) is 0 Å². The second-order valence-electron chi connectivity index (χ2n) is 6.79. The second-order valence-corrected chi connectivity index (χ2v) is 6.79. The monoisotopic (exact) mass is 357 g/mol. The predicted molar refractivity (Wildman–Crippen MR) is 107 cm³/mol. The van der Waals surface area contributed by atoms with Gasteiger partial charge in [-0.2, -0.15) is 5.10 Å². The fraction of sp³-hybridized carbons (Fsp3) is 0.500. The number of nitrogens with zero attached hydrogens (tertiary/aromatic N) is 3. The lowest BCUT2D eigenvalue weighted by atomic mass is 10.1. The van der Waals surface area contributed by atoms with Gasteiger partial charge in [-0.15, -0.1) is 0 Å². The van der Waals surface area contributed by atoms with Crippen molar-refractivity contribution in [3.63, 3.8) is 0 Å². The Morgan fingerprint density at radius 3 is 2.65 bits per heavy atom. The van der Waals surface area contributed by atoms with E-state index < -0.39 is 0 Å². The molecule has 6 nitrogen and oxygen atoms in total. The second kappa shape index (κ2) is 9.97. The van der Waals surface area contributed by atoms with Crippen molar-refractivity contribution in [1.29, 1.82) is 0 Å². The van der Waals surface area contributed by atoms with Crippen molar-refractivity contribution in [3.05, 3.63) is 47.3 Å². The molecule has 0 unspecified atom stereocenters. The molecule has 0 fully saturated rings. The quantitative estimate of drug-likeness (QED) is 0.433. The summed E-state index contributed by atoms with van der Waals surface area (Å²) in [6, 6.07) is 10.4. The van der Waals surface area contributed by atoms with Gasteiger partial charge in [0.05, 0.1) is 18.0 Å². The summed E-state index contributed by atoms with van der Waals surface area (Å²) in [5.41, 5.74) is 4.39. The van der Waals surface area contributed by atoms with Gasteiger partial charge in [-0.1, -0.05) is 32.0 Å². The van der Waals surface area contributed by atoms with E-state index in [1.165, 1.54) is 0 Å². The van der Waals surface area contributed by atoms with Crippen LogP contribution in [-0.4, -0.2) is 42.5 Å². The average Bonchev–Trinajstić information content (AvgIpc) is 2.95. The zero-order valence-corrected chi connectivity index (χ0v) is 16.5. The van der Waals surface area contributed by atoms with E-state index in [0.29, 0.717) is 19.1 Å². The minimum atomic E-state index is 0.554. The van der Waals surface area contributed by atoms with Gasteiger partial charge in [0.2, 0.25) is 0 Å². The smallest absolute Gasteiger partial charge is 0.191 e. The molecule has 1 aromatic carbocycles. The Kier molecular flexibility index (Phi) is 7.66. The van der Waals surface area contributed by atoms with Gasteiger partial charge < -0.3 is 15.4 Å². The maximum Gasteiger partial charge on any atom is 0.191 e. The molecule has 2 aromatic rings. The van der Waals surface area contributed by atoms with Crippen molar-refractivity contribution in [2.45, 2.75) is 34.2 Å². The first kappa shape index (κ1) is 20.0. The van der Waals surface area contributed by atoms with Crippen LogP contribution in [0.4, 0.5) is 0 Å². The number of benzene rings is 1. The van der Waals surface area contributed by atoms with Crippen LogP contribution in [0.5, 0.6) is 0 Å². The van der Waals surface area contributed by atoms with Crippen molar-refractivity contribution in [3.8, 4) is 5.69 Å². The Labute approximate surface area is 156 Å². The topological polar surface area (TPSA) is 63.5 Å². The average molecular weight is 358 g/mol. The number of guanidine groups is 1. The largest absolute Gasteiger partial charge is 0.379 e. The molecule has 0 bridgehead atoms. The molecule has 0 aliphatic rings. The molecule has 0 saturated heterocycles. The third kappa shape index (κ3) is 5.88. The fourth-order valence-corrected chi connectivity index (χ4v) is 2.70. The van der Waals surface area contributed by atoms with Crippen LogP contribution >= 0.6 is 0 Å². The van der Waals surface area contributed by atoms with Crippen molar-refractivity contribution < 1.29 is 4.74 Å². The predicted octanol–water partition coefficient (Wildman–Crippen LogP) is 2.83. The highest BCUT2D eigenvalue weighted by Gasteiger charge is 2.09. The molecule has 0 spiro atoms. The lowest BCUT2D eigenvalue weighted by Gasteiger charge is -2.15. The number of aliphatic imine (C=N–C) groups is 1. The SMILES string of the molecule is CN=C(NCCOCC(C)C)NCc1ccccc1-n1nc(C)cc1C. The van der Waals surface area contributed by atoms with Crippen LogP contribution in [-0.2, 0) is 11.3 Å². The zero-order chi connectivity index (χ0) is 18.9. The van der Waals surface area contributed by atoms with Crippen LogP contribution in [0.3, 0.4) is 0 Å². The van der Waals surface area contributed by atoms with Crippen LogP contribution in [0.1, 0.15) is 30.8 Å². The summed E-state index contributed by atoms with van der Waals surface area (Å²) >= 11 is 0. The van der Waals surface area contributed by atoms with Gasteiger partial charge in [0, 0.05) is 32.4 Å². The highest BCUT2D eigenvalue weighted by molar-refractivity contribution is 5.79. The number of rotatable bonds is 8. The summed E-state index contributed by atoms with van der Waals surface area (Å²) in [5, 5.41) is 11.2. The third-order valence-electron chi connectivity index (χ3n) is 3.89. The van der Waals surface area contributed by atoms with E-state index in [9.17, 15) is 0 Å². The van der Waals surface area contributed by atoms with Crippen LogP contribution in [0, 0.1) is 19.8 Å². The van der Waals surface area contributed by atoms with E-state index >= 15 is 0 Å². The summed E-state index contributed by atoms with van der Waals surface area (Å²) in [6.45, 7) is 11.2. The third-order valence-corrected chi connectivity index (χ3v) is 3.89. The number of para-hydroxylation sites is 1. The van der Waals surface area contributed by atoms with Crippen LogP contribution < -0.4 is 10.6 Å². The van der Waals surface area contributed by atoms with Crippen molar-refractivity contribution in [2.24, 2.45) is 10.9 Å². The molecule has 1 aromatic heterocycles. The molecule has 2 rings (SSSR count). The maximum atomic E-state index is 5.59. The molecule has 142 valence electrons. The molecule has 0 aliphatic heterocycles. The highest BCUT2D eigenvalue weighted by atomic mass is 16.5. The van der Waals surface area contributed by atoms with Crippen molar-refractivity contribution in [2.75, 3.05) is 26.8 Å². The minimum Gasteiger partial charge on any atom is -0.379 e. The molecule has 0 atom stereocenters. The van der Waals surface area contributed by atoms with Gasteiger partial charge >= 0.3 is 0 Å². The summed E-state index contributed by atoms with van der Waals surface area (Å²) in [5.74, 6) is 1.32. The van der Waals surface area contributed by atoms with E-state index in [4.69, 9.17) is 4.74 Å². The van der Waals surface area contributed by atoms with Crippen molar-refractivity contribution >= 4 is 5.96 Å². The Bertz CT molecular complexity index is 721. The Morgan fingerprint density at radius 2 is 2.00 bits per heavy atom. The van der Waals surface area contributed by atoms with Gasteiger partial charge in [-0.3, -0.25) is 4.99 Å². The highest BCUT2D eigenvalue weighted by Crippen LogP contribution is 2.16. The zero-order valence-electron chi connectivity index (χ0n) is 16.5. The lowest BCUT2D eigenvalue weighted by molar-refractivity contribution is 0.114. The molecular formula is C20H31N5O. The molecule has 0 amide bonds. The number of aryl methyl sites for hydroxylation is 2. The maximum absolute atomic E-state index is 5.59. The number of aromatic nitrogens is 2. The normalized spacial score (nSPS) is 11.8. The molecular weight excluding hydrogens is 326 g/mol. The van der Waals surface area contributed by atoms with E-state index in [1.54, 1.807) is 7.05 Å². The van der Waals surface area contributed by atoms with E-state index in [2.05, 4.69) is 59.7 Å². The number of nitrogens with one attached hydrogen (secondary N) is 2. The standard InChI is InChI=1S/C20H31N5O/c1-15(2)14-26-11-10-22-20(21-5)23-13-18-8-6-7-9-19(18)25-17(4)12-16(3)24-25/h6-9,12,15H,10-11,13-14H2,1-5H3,(H2,21,22,23). The summed E-state index contributed by atoms with van der Waals surface area (Å²) in [4.78, 5) is 4.28.